The summed E-state index contributed by atoms with van der Waals surface area (Å²) in [4.78, 5) is 0. The van der Waals surface area contributed by atoms with Crippen molar-refractivity contribution >= 4 is 0 Å². The molecule has 18 heavy (non-hydrogen) atoms. The van der Waals surface area contributed by atoms with Crippen molar-refractivity contribution in [2.75, 3.05) is 13.9 Å². The molecule has 0 atom stereocenters. The van der Waals surface area contributed by atoms with E-state index in [0.717, 1.165) is 17.1 Å². The molecule has 0 fully saturated rings. The molecule has 0 bridgehead atoms. The number of para-hydroxylation sites is 2. The quantitative estimate of drug-likeness (QED) is 0.574. The summed E-state index contributed by atoms with van der Waals surface area (Å²) in [7, 11) is 1.60. The molecular weight excluding hydrogens is 228 g/mol. The Morgan fingerprint density at radius 1 is 0.889 bits per heavy atom. The number of benzene rings is 2. The first-order chi connectivity index (χ1) is 8.90. The van der Waals surface area contributed by atoms with Crippen molar-refractivity contribution in [3.05, 3.63) is 60.2 Å². The maximum Gasteiger partial charge on any atom is 0.146 e. The number of hydrogen-bond acceptors (Lipinski definition) is 3. The molecule has 0 amide bonds. The highest BCUT2D eigenvalue weighted by molar-refractivity contribution is 5.37. The summed E-state index contributed by atoms with van der Waals surface area (Å²) in [6, 6.07) is 17.5. The van der Waals surface area contributed by atoms with Crippen LogP contribution in [0, 0.1) is 0 Å². The Labute approximate surface area is 107 Å². The molecule has 94 valence electrons. The Bertz CT molecular complexity index is 468. The van der Waals surface area contributed by atoms with Crippen LogP contribution in [0.25, 0.3) is 0 Å². The molecule has 2 rings (SSSR count). The lowest BCUT2D eigenvalue weighted by Crippen LogP contribution is -1.98. The van der Waals surface area contributed by atoms with E-state index in [1.807, 2.05) is 54.6 Å². The highest BCUT2D eigenvalue weighted by Crippen LogP contribution is 2.25. The van der Waals surface area contributed by atoms with Gasteiger partial charge in [0.05, 0.1) is 6.61 Å². The Hall–Kier alpha value is -1.84. The monoisotopic (exact) mass is 244 g/mol. The van der Waals surface area contributed by atoms with Gasteiger partial charge < -0.3 is 14.2 Å². The molecule has 3 heteroatoms. The minimum Gasteiger partial charge on any atom is -0.457 e. The van der Waals surface area contributed by atoms with E-state index in [1.165, 1.54) is 0 Å². The van der Waals surface area contributed by atoms with E-state index >= 15 is 0 Å². The first-order valence-electron chi connectivity index (χ1n) is 5.77. The third-order valence-electron chi connectivity index (χ3n) is 2.40. The zero-order chi connectivity index (χ0) is 12.6. The number of rotatable bonds is 6. The zero-order valence-electron chi connectivity index (χ0n) is 10.3. The maximum absolute atomic E-state index is 5.82. The highest BCUT2D eigenvalue weighted by atomic mass is 16.7. The summed E-state index contributed by atoms with van der Waals surface area (Å²) in [6.45, 7) is 0.747. The van der Waals surface area contributed by atoms with E-state index in [4.69, 9.17) is 14.2 Å². The average molecular weight is 244 g/mol. The second-order valence-electron chi connectivity index (χ2n) is 3.78. The highest BCUT2D eigenvalue weighted by Gasteiger charge is 2.04. The zero-order valence-corrected chi connectivity index (χ0v) is 10.3. The molecule has 0 aliphatic rings. The first-order valence-corrected chi connectivity index (χ1v) is 5.77. The fourth-order valence-electron chi connectivity index (χ4n) is 1.57. The maximum atomic E-state index is 5.82. The van der Waals surface area contributed by atoms with Gasteiger partial charge >= 0.3 is 0 Å². The molecule has 3 nitrogen and oxygen atoms in total. The standard InChI is InChI=1S/C15H16O3/c1-16-12-17-11-13-7-5-6-10-15(13)18-14-8-3-2-4-9-14/h2-10H,11-12H2,1H3. The summed E-state index contributed by atoms with van der Waals surface area (Å²) >= 11 is 0. The molecule has 0 unspecified atom stereocenters. The normalized spacial score (nSPS) is 10.3. The van der Waals surface area contributed by atoms with E-state index < -0.39 is 0 Å². The molecule has 0 saturated heterocycles. The third-order valence-corrected chi connectivity index (χ3v) is 2.40. The third kappa shape index (κ3) is 3.58. The van der Waals surface area contributed by atoms with Crippen molar-refractivity contribution in [3.8, 4) is 11.5 Å². The second-order valence-corrected chi connectivity index (χ2v) is 3.78. The lowest BCUT2D eigenvalue weighted by atomic mass is 10.2. The molecule has 0 radical (unpaired) electrons. The molecule has 0 N–H and O–H groups in total. The van der Waals surface area contributed by atoms with Crippen molar-refractivity contribution in [1.29, 1.82) is 0 Å². The largest absolute Gasteiger partial charge is 0.457 e. The lowest BCUT2D eigenvalue weighted by Gasteiger charge is -2.11. The van der Waals surface area contributed by atoms with Crippen LogP contribution in [0.4, 0.5) is 0 Å². The van der Waals surface area contributed by atoms with Crippen molar-refractivity contribution in [1.82, 2.24) is 0 Å². The molecular formula is C15H16O3. The lowest BCUT2D eigenvalue weighted by molar-refractivity contribution is -0.0394. The van der Waals surface area contributed by atoms with Crippen molar-refractivity contribution in [2.45, 2.75) is 6.61 Å². The van der Waals surface area contributed by atoms with Gasteiger partial charge in [0, 0.05) is 12.7 Å². The first kappa shape index (κ1) is 12.6. The molecule has 0 heterocycles. The van der Waals surface area contributed by atoms with Gasteiger partial charge in [-0.3, -0.25) is 0 Å². The SMILES string of the molecule is COCOCc1ccccc1Oc1ccccc1. The molecule has 0 aromatic heterocycles. The summed E-state index contributed by atoms with van der Waals surface area (Å²) in [5, 5.41) is 0. The van der Waals surface area contributed by atoms with E-state index in [1.54, 1.807) is 7.11 Å². The van der Waals surface area contributed by atoms with Crippen LogP contribution >= 0.6 is 0 Å². The minimum absolute atomic E-state index is 0.277. The van der Waals surface area contributed by atoms with E-state index in [0.29, 0.717) is 6.61 Å². The van der Waals surface area contributed by atoms with Crippen molar-refractivity contribution < 1.29 is 14.2 Å². The fourth-order valence-corrected chi connectivity index (χ4v) is 1.57. The van der Waals surface area contributed by atoms with Gasteiger partial charge in [-0.15, -0.1) is 0 Å². The van der Waals surface area contributed by atoms with Gasteiger partial charge in [0.2, 0.25) is 0 Å². The number of ether oxygens (including phenoxy) is 3. The van der Waals surface area contributed by atoms with Gasteiger partial charge in [0.25, 0.3) is 0 Å². The predicted molar refractivity (Wildman–Crippen MR) is 69.6 cm³/mol. The summed E-state index contributed by atoms with van der Waals surface area (Å²) in [5.41, 5.74) is 0.999. The van der Waals surface area contributed by atoms with E-state index in [-0.39, 0.29) is 6.79 Å². The van der Waals surface area contributed by atoms with Gasteiger partial charge in [-0.1, -0.05) is 36.4 Å². The Morgan fingerprint density at radius 2 is 1.61 bits per heavy atom. The number of hydrogen-bond donors (Lipinski definition) is 0. The average Bonchev–Trinajstić information content (AvgIpc) is 2.42. The van der Waals surface area contributed by atoms with Crippen LogP contribution in [0.5, 0.6) is 11.5 Å². The van der Waals surface area contributed by atoms with Crippen LogP contribution in [0.1, 0.15) is 5.56 Å². The Kier molecular flexibility index (Phi) is 4.76. The van der Waals surface area contributed by atoms with Crippen molar-refractivity contribution in [3.63, 3.8) is 0 Å². The van der Waals surface area contributed by atoms with Gasteiger partial charge in [-0.25, -0.2) is 0 Å². The predicted octanol–water partition coefficient (Wildman–Crippen LogP) is 3.60. The van der Waals surface area contributed by atoms with E-state index in [2.05, 4.69) is 0 Å². The van der Waals surface area contributed by atoms with Crippen LogP contribution in [-0.4, -0.2) is 13.9 Å². The molecule has 2 aromatic carbocycles. The molecule has 0 saturated carbocycles. The van der Waals surface area contributed by atoms with Gasteiger partial charge in [-0.05, 0) is 18.2 Å². The smallest absolute Gasteiger partial charge is 0.146 e. The van der Waals surface area contributed by atoms with Gasteiger partial charge in [0.15, 0.2) is 0 Å². The number of methoxy groups -OCH3 is 1. The van der Waals surface area contributed by atoms with Gasteiger partial charge in [0.1, 0.15) is 18.3 Å². The molecule has 2 aromatic rings. The summed E-state index contributed by atoms with van der Waals surface area (Å²) in [5.74, 6) is 1.62. The van der Waals surface area contributed by atoms with Crippen LogP contribution < -0.4 is 4.74 Å². The Morgan fingerprint density at radius 3 is 2.39 bits per heavy atom. The van der Waals surface area contributed by atoms with Crippen LogP contribution in [-0.2, 0) is 16.1 Å². The molecule has 0 spiro atoms. The minimum atomic E-state index is 0.277. The fraction of sp³-hybridized carbons (Fsp3) is 0.200. The van der Waals surface area contributed by atoms with Crippen LogP contribution in [0.15, 0.2) is 54.6 Å². The Balaban J connectivity index is 2.07. The topological polar surface area (TPSA) is 27.7 Å². The van der Waals surface area contributed by atoms with E-state index in [9.17, 15) is 0 Å². The second kappa shape index (κ2) is 6.79. The summed E-state index contributed by atoms with van der Waals surface area (Å²) < 4.78 is 16.0. The summed E-state index contributed by atoms with van der Waals surface area (Å²) in [6.07, 6.45) is 0. The van der Waals surface area contributed by atoms with Crippen molar-refractivity contribution in [2.24, 2.45) is 0 Å². The molecule has 0 aliphatic carbocycles. The molecule has 0 aliphatic heterocycles. The van der Waals surface area contributed by atoms with Crippen LogP contribution in [0.2, 0.25) is 0 Å². The van der Waals surface area contributed by atoms with Crippen LogP contribution in [0.3, 0.4) is 0 Å². The van der Waals surface area contributed by atoms with Gasteiger partial charge in [-0.2, -0.15) is 0 Å².